The number of carbonyl (C=O) groups is 1. The molecular formula is C20H22ClN3O3. The van der Waals surface area contributed by atoms with Crippen LogP contribution in [0.5, 0.6) is 0 Å². The van der Waals surface area contributed by atoms with Crippen LogP contribution in [0, 0.1) is 10.1 Å². The summed E-state index contributed by atoms with van der Waals surface area (Å²) in [7, 11) is 0. The minimum atomic E-state index is -0.492. The Morgan fingerprint density at radius 3 is 2.56 bits per heavy atom. The van der Waals surface area contributed by atoms with Gasteiger partial charge in [0.15, 0.2) is 5.78 Å². The van der Waals surface area contributed by atoms with Gasteiger partial charge in [0.05, 0.1) is 11.5 Å². The first kappa shape index (κ1) is 19.5. The summed E-state index contributed by atoms with van der Waals surface area (Å²) >= 11 is 6.00. The minimum Gasteiger partial charge on any atom is -0.308 e. The number of nitro groups is 1. The van der Waals surface area contributed by atoms with Crippen LogP contribution in [-0.2, 0) is 0 Å². The van der Waals surface area contributed by atoms with E-state index in [0.717, 1.165) is 18.7 Å². The van der Waals surface area contributed by atoms with Crippen LogP contribution in [0.4, 0.5) is 5.69 Å². The summed E-state index contributed by atoms with van der Waals surface area (Å²) in [5, 5.41) is 14.8. The van der Waals surface area contributed by atoms with Gasteiger partial charge in [-0.1, -0.05) is 35.9 Å². The maximum absolute atomic E-state index is 12.4. The van der Waals surface area contributed by atoms with Gasteiger partial charge in [-0.15, -0.1) is 0 Å². The molecule has 0 amide bonds. The lowest BCUT2D eigenvalue weighted by molar-refractivity contribution is -0.384. The van der Waals surface area contributed by atoms with E-state index < -0.39 is 4.92 Å². The highest BCUT2D eigenvalue weighted by atomic mass is 35.5. The molecule has 0 aliphatic carbocycles. The number of likely N-dealkylation sites (tertiary alicyclic amines) is 1. The molecule has 2 aromatic rings. The number of nitro benzene ring substituents is 1. The average Bonchev–Trinajstić information content (AvgIpc) is 3.20. The molecule has 1 saturated heterocycles. The van der Waals surface area contributed by atoms with Crippen molar-refractivity contribution in [2.75, 3.05) is 26.2 Å². The summed E-state index contributed by atoms with van der Waals surface area (Å²) in [6.07, 6.45) is 2.35. The van der Waals surface area contributed by atoms with Crippen molar-refractivity contribution in [1.29, 1.82) is 0 Å². The number of halogens is 1. The van der Waals surface area contributed by atoms with Crippen LogP contribution >= 0.6 is 11.6 Å². The summed E-state index contributed by atoms with van der Waals surface area (Å²) in [5.41, 5.74) is 1.44. The van der Waals surface area contributed by atoms with Gasteiger partial charge < -0.3 is 5.32 Å². The Bertz CT molecular complexity index is 804. The topological polar surface area (TPSA) is 75.5 Å². The Morgan fingerprint density at radius 2 is 1.89 bits per heavy atom. The first-order valence-electron chi connectivity index (χ1n) is 9.02. The SMILES string of the molecule is O=C(CNCC(c1ccc(Cl)cc1)N1CCCC1)c1cccc([N+](=O)[O-])c1. The highest BCUT2D eigenvalue weighted by Gasteiger charge is 2.23. The first-order chi connectivity index (χ1) is 13.0. The molecule has 1 heterocycles. The molecule has 2 aromatic carbocycles. The number of rotatable bonds is 8. The Morgan fingerprint density at radius 1 is 1.19 bits per heavy atom. The van der Waals surface area contributed by atoms with Crippen molar-refractivity contribution >= 4 is 23.1 Å². The summed E-state index contributed by atoms with van der Waals surface area (Å²) in [5.74, 6) is -0.157. The molecule has 6 nitrogen and oxygen atoms in total. The monoisotopic (exact) mass is 387 g/mol. The predicted octanol–water partition coefficient (Wildman–Crippen LogP) is 3.86. The number of ketones is 1. The second-order valence-electron chi connectivity index (χ2n) is 6.67. The Labute approximate surface area is 163 Å². The zero-order valence-corrected chi connectivity index (χ0v) is 15.7. The molecule has 1 aliphatic rings. The van der Waals surface area contributed by atoms with Crippen molar-refractivity contribution < 1.29 is 9.72 Å². The predicted molar refractivity (Wildman–Crippen MR) is 105 cm³/mol. The number of hydrogen-bond acceptors (Lipinski definition) is 5. The van der Waals surface area contributed by atoms with E-state index in [4.69, 9.17) is 11.6 Å². The molecule has 0 bridgehead atoms. The molecule has 0 saturated carbocycles. The third kappa shape index (κ3) is 5.13. The fourth-order valence-electron chi connectivity index (χ4n) is 3.41. The molecule has 3 rings (SSSR count). The largest absolute Gasteiger partial charge is 0.308 e. The molecule has 1 unspecified atom stereocenters. The minimum absolute atomic E-state index is 0.0723. The van der Waals surface area contributed by atoms with Crippen LogP contribution in [0.2, 0.25) is 5.02 Å². The van der Waals surface area contributed by atoms with Crippen LogP contribution in [0.3, 0.4) is 0 Å². The normalized spacial score (nSPS) is 15.6. The summed E-state index contributed by atoms with van der Waals surface area (Å²) < 4.78 is 0. The number of benzene rings is 2. The van der Waals surface area contributed by atoms with Crippen molar-refractivity contribution in [3.63, 3.8) is 0 Å². The van der Waals surface area contributed by atoms with Crippen LogP contribution in [0.1, 0.15) is 34.8 Å². The fraction of sp³-hybridized carbons (Fsp3) is 0.350. The van der Waals surface area contributed by atoms with Gasteiger partial charge in [0.2, 0.25) is 0 Å². The standard InChI is InChI=1S/C20H22ClN3O3/c21-17-8-6-15(7-9-17)19(23-10-1-2-11-23)13-22-14-20(25)16-4-3-5-18(12-16)24(26)27/h3-9,12,19,22H,1-2,10-11,13-14H2. The van der Waals surface area contributed by atoms with Gasteiger partial charge in [-0.3, -0.25) is 19.8 Å². The van der Waals surface area contributed by atoms with E-state index in [2.05, 4.69) is 10.2 Å². The first-order valence-corrected chi connectivity index (χ1v) is 9.40. The molecular weight excluding hydrogens is 366 g/mol. The van der Waals surface area contributed by atoms with Crippen LogP contribution in [-0.4, -0.2) is 41.8 Å². The fourth-order valence-corrected chi connectivity index (χ4v) is 3.54. The van der Waals surface area contributed by atoms with Gasteiger partial charge in [-0.25, -0.2) is 0 Å². The molecule has 1 fully saturated rings. The number of nitrogens with zero attached hydrogens (tertiary/aromatic N) is 2. The van der Waals surface area contributed by atoms with E-state index in [0.29, 0.717) is 17.1 Å². The molecule has 27 heavy (non-hydrogen) atoms. The van der Waals surface area contributed by atoms with E-state index in [1.165, 1.54) is 31.0 Å². The maximum atomic E-state index is 12.4. The summed E-state index contributed by atoms with van der Waals surface area (Å²) in [6.45, 7) is 2.84. The molecule has 7 heteroatoms. The highest BCUT2D eigenvalue weighted by Crippen LogP contribution is 2.25. The Balaban J connectivity index is 1.63. The zero-order chi connectivity index (χ0) is 19.2. The number of hydrogen-bond donors (Lipinski definition) is 1. The Hall–Kier alpha value is -2.28. The van der Waals surface area contributed by atoms with Crippen LogP contribution in [0.15, 0.2) is 48.5 Å². The molecule has 0 spiro atoms. The lowest BCUT2D eigenvalue weighted by Gasteiger charge is -2.28. The third-order valence-corrected chi connectivity index (χ3v) is 5.09. The van der Waals surface area contributed by atoms with Crippen molar-refractivity contribution in [1.82, 2.24) is 10.2 Å². The van der Waals surface area contributed by atoms with Gasteiger partial charge >= 0.3 is 0 Å². The molecule has 142 valence electrons. The van der Waals surface area contributed by atoms with Gasteiger partial charge in [0.1, 0.15) is 0 Å². The lowest BCUT2D eigenvalue weighted by atomic mass is 10.1. The van der Waals surface area contributed by atoms with Gasteiger partial charge in [-0.05, 0) is 43.6 Å². The molecule has 0 radical (unpaired) electrons. The van der Waals surface area contributed by atoms with Crippen molar-refractivity contribution in [2.24, 2.45) is 0 Å². The third-order valence-electron chi connectivity index (χ3n) is 4.84. The molecule has 1 N–H and O–H groups in total. The highest BCUT2D eigenvalue weighted by molar-refractivity contribution is 6.30. The van der Waals surface area contributed by atoms with Crippen molar-refractivity contribution in [3.05, 3.63) is 74.8 Å². The second-order valence-corrected chi connectivity index (χ2v) is 7.11. The number of carbonyl (C=O) groups excluding carboxylic acids is 1. The molecule has 1 aliphatic heterocycles. The number of non-ortho nitro benzene ring substituents is 1. The van der Waals surface area contributed by atoms with E-state index in [1.807, 2.05) is 24.3 Å². The van der Waals surface area contributed by atoms with Crippen molar-refractivity contribution in [3.8, 4) is 0 Å². The van der Waals surface area contributed by atoms with Crippen LogP contribution in [0.25, 0.3) is 0 Å². The average molecular weight is 388 g/mol. The maximum Gasteiger partial charge on any atom is 0.270 e. The van der Waals surface area contributed by atoms with E-state index in [9.17, 15) is 14.9 Å². The van der Waals surface area contributed by atoms with E-state index in [1.54, 1.807) is 6.07 Å². The molecule has 1 atom stereocenters. The summed E-state index contributed by atoms with van der Waals surface area (Å²) in [6, 6.07) is 13.8. The molecule has 0 aromatic heterocycles. The second kappa shape index (κ2) is 9.08. The zero-order valence-electron chi connectivity index (χ0n) is 14.9. The number of Topliss-reactive ketones (excluding diaryl/α,β-unsaturated/α-hetero) is 1. The van der Waals surface area contributed by atoms with Gasteiger partial charge in [0.25, 0.3) is 5.69 Å². The summed E-state index contributed by atoms with van der Waals surface area (Å²) in [4.78, 5) is 25.2. The van der Waals surface area contributed by atoms with Gasteiger partial charge in [0, 0.05) is 35.3 Å². The van der Waals surface area contributed by atoms with Crippen molar-refractivity contribution in [2.45, 2.75) is 18.9 Å². The number of nitrogens with one attached hydrogen (secondary N) is 1. The lowest BCUT2D eigenvalue weighted by Crippen LogP contribution is -2.36. The Kier molecular flexibility index (Phi) is 6.55. The van der Waals surface area contributed by atoms with E-state index in [-0.39, 0.29) is 24.1 Å². The van der Waals surface area contributed by atoms with Gasteiger partial charge in [-0.2, -0.15) is 0 Å². The van der Waals surface area contributed by atoms with Crippen LogP contribution < -0.4 is 5.32 Å². The van der Waals surface area contributed by atoms with E-state index >= 15 is 0 Å². The smallest absolute Gasteiger partial charge is 0.270 e. The quantitative estimate of drug-likeness (QED) is 0.423.